The maximum absolute atomic E-state index is 14.8. The minimum absolute atomic E-state index is 0.0673. The largest absolute Gasteiger partial charge is 0.419 e. The first-order valence-corrected chi connectivity index (χ1v) is 12.3. The van der Waals surface area contributed by atoms with Crippen LogP contribution in [0.4, 0.5) is 27.9 Å². The molecule has 1 saturated heterocycles. The number of hydrogen-bond donors (Lipinski definition) is 0. The lowest BCUT2D eigenvalue weighted by molar-refractivity contribution is -0.140. The van der Waals surface area contributed by atoms with Crippen molar-refractivity contribution < 1.29 is 22.0 Å². The van der Waals surface area contributed by atoms with E-state index in [1.165, 1.54) is 10.9 Å². The first kappa shape index (κ1) is 27.1. The maximum atomic E-state index is 14.8. The van der Waals surface area contributed by atoms with E-state index >= 15 is 0 Å². The van der Waals surface area contributed by atoms with Crippen LogP contribution >= 0.6 is 11.9 Å². The van der Waals surface area contributed by atoms with E-state index in [0.717, 1.165) is 39.0 Å². The third-order valence-electron chi connectivity index (χ3n) is 5.33. The fourth-order valence-corrected chi connectivity index (χ4v) is 4.13. The number of rotatable bonds is 3. The number of alkyl halides is 3. The molecule has 12 heteroatoms. The van der Waals surface area contributed by atoms with Crippen molar-refractivity contribution in [2.24, 2.45) is 13.0 Å². The highest BCUT2D eigenvalue weighted by atomic mass is 32.2. The third-order valence-corrected chi connectivity index (χ3v) is 6.21. The summed E-state index contributed by atoms with van der Waals surface area (Å²) >= 11 is 1.66. The normalized spacial score (nSPS) is 15.0. The van der Waals surface area contributed by atoms with Gasteiger partial charge in [0.2, 0.25) is 5.95 Å². The molecule has 0 amide bonds. The molecule has 2 aromatic heterocycles. The molecule has 35 heavy (non-hydrogen) atoms. The molecule has 0 aliphatic carbocycles. The summed E-state index contributed by atoms with van der Waals surface area (Å²) in [6.07, 6.45) is -1.54. The molecular formula is C23H29F5N6S. The summed E-state index contributed by atoms with van der Waals surface area (Å²) in [6, 6.07) is 0.453. The van der Waals surface area contributed by atoms with Crippen LogP contribution in [0.2, 0.25) is 0 Å². The van der Waals surface area contributed by atoms with Crippen molar-refractivity contribution in [3.8, 4) is 11.3 Å². The van der Waals surface area contributed by atoms with Crippen molar-refractivity contribution >= 4 is 28.9 Å². The monoisotopic (exact) mass is 516 g/mol. The number of halogens is 5. The Morgan fingerprint density at radius 1 is 1.03 bits per heavy atom. The molecule has 1 aliphatic heterocycles. The van der Waals surface area contributed by atoms with E-state index in [4.69, 9.17) is 0 Å². The number of hydrogen-bond acceptors (Lipinski definition) is 6. The van der Waals surface area contributed by atoms with Gasteiger partial charge in [-0.1, -0.05) is 32.7 Å². The van der Waals surface area contributed by atoms with Gasteiger partial charge in [0.15, 0.2) is 5.65 Å². The quantitative estimate of drug-likeness (QED) is 0.329. The molecule has 0 unspecified atom stereocenters. The first-order chi connectivity index (χ1) is 16.3. The molecule has 192 valence electrons. The molecular weight excluding hydrogens is 487 g/mol. The summed E-state index contributed by atoms with van der Waals surface area (Å²) in [7, 11) is 1.56. The molecule has 6 nitrogen and oxygen atoms in total. The van der Waals surface area contributed by atoms with Crippen LogP contribution in [0.5, 0.6) is 0 Å². The van der Waals surface area contributed by atoms with Gasteiger partial charge in [-0.2, -0.15) is 23.3 Å². The predicted molar refractivity (Wildman–Crippen MR) is 129 cm³/mol. The molecule has 4 rings (SSSR count). The minimum Gasteiger partial charge on any atom is -0.338 e. The van der Waals surface area contributed by atoms with Gasteiger partial charge < -0.3 is 4.90 Å². The summed E-state index contributed by atoms with van der Waals surface area (Å²) in [6.45, 7) is 10.6. The van der Waals surface area contributed by atoms with Crippen LogP contribution in [0.1, 0.15) is 31.9 Å². The van der Waals surface area contributed by atoms with Gasteiger partial charge in [-0.15, -0.1) is 0 Å². The van der Waals surface area contributed by atoms with Crippen molar-refractivity contribution in [2.45, 2.75) is 33.9 Å². The Bertz CT molecular complexity index is 1180. The fourth-order valence-electron chi connectivity index (χ4n) is 3.60. The number of benzene rings is 1. The van der Waals surface area contributed by atoms with Gasteiger partial charge in [0.1, 0.15) is 17.3 Å². The molecule has 3 heterocycles. The van der Waals surface area contributed by atoms with E-state index in [1.807, 2.05) is 11.2 Å². The zero-order valence-corrected chi connectivity index (χ0v) is 21.4. The van der Waals surface area contributed by atoms with Crippen LogP contribution in [-0.4, -0.2) is 56.5 Å². The van der Waals surface area contributed by atoms with E-state index < -0.39 is 34.5 Å². The van der Waals surface area contributed by atoms with Gasteiger partial charge in [0, 0.05) is 50.6 Å². The van der Waals surface area contributed by atoms with Crippen molar-refractivity contribution in [2.75, 3.05) is 37.3 Å². The molecule has 0 spiro atoms. The topological polar surface area (TPSA) is 50.1 Å². The lowest BCUT2D eigenvalue weighted by Gasteiger charge is -2.33. The van der Waals surface area contributed by atoms with Crippen LogP contribution in [0, 0.1) is 24.5 Å². The number of nitrogens with zero attached hydrogens (tertiary/aromatic N) is 6. The van der Waals surface area contributed by atoms with Gasteiger partial charge in [-0.25, -0.2) is 22.8 Å². The van der Waals surface area contributed by atoms with E-state index in [9.17, 15) is 22.0 Å². The molecule has 3 aromatic rings. The molecule has 1 aromatic carbocycles. The van der Waals surface area contributed by atoms with Crippen molar-refractivity contribution in [3.05, 3.63) is 35.0 Å². The Hall–Kier alpha value is -2.47. The van der Waals surface area contributed by atoms with Crippen LogP contribution in [-0.2, 0) is 13.2 Å². The molecule has 0 atom stereocenters. The maximum Gasteiger partial charge on any atom is 0.419 e. The van der Waals surface area contributed by atoms with Gasteiger partial charge in [0.05, 0.1) is 10.9 Å². The molecule has 0 N–H and O–H groups in total. The highest BCUT2D eigenvalue weighted by Gasteiger charge is 2.37. The Morgan fingerprint density at radius 2 is 1.63 bits per heavy atom. The zero-order valence-electron chi connectivity index (χ0n) is 20.5. The Morgan fingerprint density at radius 3 is 2.17 bits per heavy atom. The highest BCUT2D eigenvalue weighted by molar-refractivity contribution is 7.96. The number of piperazine rings is 1. The van der Waals surface area contributed by atoms with Gasteiger partial charge >= 0.3 is 6.18 Å². The van der Waals surface area contributed by atoms with Gasteiger partial charge in [-0.3, -0.25) is 0 Å². The SMILES string of the molecule is CC(C)C.CSN1CCN(c2ncc3c(-c4cc(C(F)(F)F)c(F)c(C)c4F)nn(C)c3n2)CC1. The molecule has 1 fully saturated rings. The van der Waals surface area contributed by atoms with Crippen LogP contribution < -0.4 is 4.90 Å². The molecule has 0 bridgehead atoms. The van der Waals surface area contributed by atoms with Gasteiger partial charge in [0.25, 0.3) is 0 Å². The van der Waals surface area contributed by atoms with Crippen molar-refractivity contribution in [1.82, 2.24) is 24.1 Å². The highest BCUT2D eigenvalue weighted by Crippen LogP contribution is 2.39. The summed E-state index contributed by atoms with van der Waals surface area (Å²) < 4.78 is 72.2. The second-order valence-electron chi connectivity index (χ2n) is 8.93. The third kappa shape index (κ3) is 5.85. The van der Waals surface area contributed by atoms with E-state index in [0.29, 0.717) is 17.7 Å². The van der Waals surface area contributed by atoms with Crippen molar-refractivity contribution in [3.63, 3.8) is 0 Å². The average Bonchev–Trinajstić information content (AvgIpc) is 3.12. The van der Waals surface area contributed by atoms with E-state index in [2.05, 4.69) is 40.1 Å². The second kappa shape index (κ2) is 10.7. The van der Waals surface area contributed by atoms with Crippen LogP contribution in [0.25, 0.3) is 22.3 Å². The lowest BCUT2D eigenvalue weighted by atomic mass is 10.0. The molecule has 0 saturated carbocycles. The Balaban J connectivity index is 0.000000795. The van der Waals surface area contributed by atoms with E-state index in [1.54, 1.807) is 19.0 Å². The molecule has 1 aliphatic rings. The minimum atomic E-state index is -4.97. The first-order valence-electron chi connectivity index (χ1n) is 11.1. The summed E-state index contributed by atoms with van der Waals surface area (Å²) in [4.78, 5) is 10.8. The Labute approximate surface area is 205 Å². The zero-order chi connectivity index (χ0) is 26.1. The smallest absolute Gasteiger partial charge is 0.338 e. The number of aryl methyl sites for hydroxylation is 1. The number of aromatic nitrogens is 4. The summed E-state index contributed by atoms with van der Waals surface area (Å²) in [5, 5.41) is 4.46. The standard InChI is InChI=1S/C19H19F5N6S.C4H10/c1-10-14(20)11(8-13(15(10)21)19(22,23)24)16-12-9-25-18(26-17(12)28(2)27-16)29-4-6-30(31-3)7-5-29;1-4(2)3/h8-9H,4-7H2,1-3H3;4H,1-3H3. The fraction of sp³-hybridized carbons (Fsp3) is 0.522. The predicted octanol–water partition coefficient (Wildman–Crippen LogP) is 5.70. The lowest BCUT2D eigenvalue weighted by Crippen LogP contribution is -2.44. The Kier molecular flexibility index (Phi) is 8.25. The van der Waals surface area contributed by atoms with Gasteiger partial charge in [-0.05, 0) is 25.2 Å². The molecule has 0 radical (unpaired) electrons. The average molecular weight is 517 g/mol. The second-order valence-corrected chi connectivity index (χ2v) is 9.81. The summed E-state index contributed by atoms with van der Waals surface area (Å²) in [5.41, 5.74) is -2.41. The summed E-state index contributed by atoms with van der Waals surface area (Å²) in [5.74, 6) is -1.42. The van der Waals surface area contributed by atoms with Crippen LogP contribution in [0.3, 0.4) is 0 Å². The number of anilines is 1. The van der Waals surface area contributed by atoms with Crippen molar-refractivity contribution in [1.29, 1.82) is 0 Å². The number of fused-ring (bicyclic) bond motifs is 1. The van der Waals surface area contributed by atoms with E-state index in [-0.39, 0.29) is 11.1 Å². The van der Waals surface area contributed by atoms with Crippen LogP contribution in [0.15, 0.2) is 12.3 Å².